The van der Waals surface area contributed by atoms with Crippen LogP contribution in [0.3, 0.4) is 0 Å². The molecule has 3 heteroatoms. The minimum absolute atomic E-state index is 0.0187. The molecule has 0 bridgehead atoms. The molecule has 6 aromatic rings. The average molecular weight is 584 g/mol. The van der Waals surface area contributed by atoms with E-state index in [-0.39, 0.29) is 11.0 Å². The molecule has 0 amide bonds. The van der Waals surface area contributed by atoms with Gasteiger partial charge in [-0.15, -0.1) is 0 Å². The zero-order valence-electron chi connectivity index (χ0n) is 27.8. The van der Waals surface area contributed by atoms with E-state index in [0.717, 1.165) is 36.8 Å². The molecule has 2 atom stereocenters. The van der Waals surface area contributed by atoms with E-state index in [1.807, 2.05) is 0 Å². The van der Waals surface area contributed by atoms with Crippen LogP contribution >= 0.6 is 0 Å². The molecule has 0 saturated carbocycles. The van der Waals surface area contributed by atoms with Crippen LogP contribution in [0.1, 0.15) is 84.9 Å². The van der Waals surface area contributed by atoms with Crippen LogP contribution < -0.4 is 4.57 Å². The zero-order chi connectivity index (χ0) is 31.0. The zero-order valence-corrected chi connectivity index (χ0v) is 27.8. The Morgan fingerprint density at radius 1 is 0.773 bits per heavy atom. The molecule has 1 aliphatic heterocycles. The number of hydrogen-bond donors (Lipinski definition) is 0. The van der Waals surface area contributed by atoms with Crippen LogP contribution in [-0.4, -0.2) is 4.57 Å². The second-order valence-electron chi connectivity index (χ2n) is 14.4. The summed E-state index contributed by atoms with van der Waals surface area (Å²) in [7, 11) is 0. The van der Waals surface area contributed by atoms with E-state index in [1.165, 1.54) is 55.6 Å². The fourth-order valence-corrected chi connectivity index (χ4v) is 8.40. The van der Waals surface area contributed by atoms with Crippen LogP contribution in [-0.2, 0) is 23.8 Å². The molecule has 0 fully saturated rings. The van der Waals surface area contributed by atoms with Gasteiger partial charge in [0.15, 0.2) is 11.0 Å². The van der Waals surface area contributed by atoms with Crippen molar-refractivity contribution in [2.24, 2.45) is 11.8 Å². The molecular weight excluding hydrogens is 536 g/mol. The van der Waals surface area contributed by atoms with E-state index in [2.05, 4.69) is 143 Å². The third kappa shape index (κ3) is 3.90. The summed E-state index contributed by atoms with van der Waals surface area (Å²) in [5, 5.41) is 2.45. The molecule has 0 N–H and O–H groups in total. The Bertz CT molecular complexity index is 2040. The molecule has 2 unspecified atom stereocenters. The molecule has 226 valence electrons. The van der Waals surface area contributed by atoms with Crippen LogP contribution in [0.2, 0.25) is 0 Å². The third-order valence-corrected chi connectivity index (χ3v) is 10.9. The van der Waals surface area contributed by atoms with E-state index < -0.39 is 0 Å². The van der Waals surface area contributed by atoms with Crippen LogP contribution in [0, 0.1) is 11.8 Å². The Morgan fingerprint density at radius 3 is 2.18 bits per heavy atom. The molecule has 3 heterocycles. The normalized spacial score (nSPS) is 19.9. The second kappa shape index (κ2) is 10.4. The van der Waals surface area contributed by atoms with Gasteiger partial charge in [0, 0.05) is 27.3 Å². The van der Waals surface area contributed by atoms with Gasteiger partial charge in [0.25, 0.3) is 5.82 Å². The van der Waals surface area contributed by atoms with Gasteiger partial charge in [-0.1, -0.05) is 97.0 Å². The van der Waals surface area contributed by atoms with E-state index in [0.29, 0.717) is 11.8 Å². The summed E-state index contributed by atoms with van der Waals surface area (Å²) in [6.45, 7) is 19.1. The molecule has 1 aliphatic rings. The Kier molecular flexibility index (Phi) is 6.81. The molecular formula is C41H47N2O+. The van der Waals surface area contributed by atoms with Crippen molar-refractivity contribution in [1.82, 2.24) is 4.57 Å². The van der Waals surface area contributed by atoms with E-state index in [4.69, 9.17) is 4.42 Å². The van der Waals surface area contributed by atoms with Crippen molar-refractivity contribution < 1.29 is 8.98 Å². The molecule has 0 spiro atoms. The van der Waals surface area contributed by atoms with E-state index in [1.54, 1.807) is 0 Å². The Hall–Kier alpha value is -3.85. The number of rotatable bonds is 7. The van der Waals surface area contributed by atoms with Crippen LogP contribution in [0.5, 0.6) is 0 Å². The minimum atomic E-state index is -0.115. The first-order chi connectivity index (χ1) is 21.1. The SMILES string of the molecule is CCC1(C)c2ccccc2-c2n(-c3c(CC(C)C)cc4c(oc5ccccc54)c3CC(C)C)c3ccccc3[n+]2C1(C)CC. The molecule has 0 radical (unpaired) electrons. The number of nitrogens with zero attached hydrogens (tertiary/aromatic N) is 2. The average Bonchev–Trinajstić information content (AvgIpc) is 3.56. The predicted octanol–water partition coefficient (Wildman–Crippen LogP) is 10.7. The van der Waals surface area contributed by atoms with Gasteiger partial charge in [-0.25, -0.2) is 4.57 Å². The molecule has 7 rings (SSSR count). The third-order valence-electron chi connectivity index (χ3n) is 10.9. The lowest BCUT2D eigenvalue weighted by atomic mass is 9.61. The highest BCUT2D eigenvalue weighted by Crippen LogP contribution is 2.52. The Balaban J connectivity index is 1.72. The summed E-state index contributed by atoms with van der Waals surface area (Å²) >= 11 is 0. The number of benzene rings is 4. The number of para-hydroxylation sites is 3. The summed E-state index contributed by atoms with van der Waals surface area (Å²) in [6.07, 6.45) is 4.06. The summed E-state index contributed by atoms with van der Waals surface area (Å²) < 4.78 is 12.2. The van der Waals surface area contributed by atoms with Gasteiger partial charge >= 0.3 is 0 Å². The molecule has 2 aromatic heterocycles. The molecule has 0 aliphatic carbocycles. The van der Waals surface area contributed by atoms with Gasteiger partial charge in [0.05, 0.1) is 5.56 Å². The quantitative estimate of drug-likeness (QED) is 0.171. The van der Waals surface area contributed by atoms with E-state index >= 15 is 0 Å². The van der Waals surface area contributed by atoms with Crippen molar-refractivity contribution in [3.63, 3.8) is 0 Å². The summed E-state index contributed by atoms with van der Waals surface area (Å²) in [5.41, 5.74) is 11.3. The van der Waals surface area contributed by atoms with Gasteiger partial charge in [0.2, 0.25) is 0 Å². The van der Waals surface area contributed by atoms with Crippen LogP contribution in [0.15, 0.2) is 83.3 Å². The van der Waals surface area contributed by atoms with Crippen molar-refractivity contribution in [1.29, 1.82) is 0 Å². The fraction of sp³-hybridized carbons (Fsp3) is 0.390. The van der Waals surface area contributed by atoms with E-state index in [9.17, 15) is 0 Å². The van der Waals surface area contributed by atoms with Crippen molar-refractivity contribution in [3.8, 4) is 17.1 Å². The number of hydrogen-bond acceptors (Lipinski definition) is 1. The molecule has 3 nitrogen and oxygen atoms in total. The first-order valence-corrected chi connectivity index (χ1v) is 16.8. The highest BCUT2D eigenvalue weighted by molar-refractivity contribution is 6.07. The molecule has 44 heavy (non-hydrogen) atoms. The lowest BCUT2D eigenvalue weighted by Gasteiger charge is -2.47. The summed E-state index contributed by atoms with van der Waals surface area (Å²) in [5.74, 6) is 2.28. The first kappa shape index (κ1) is 28.9. The van der Waals surface area contributed by atoms with Crippen molar-refractivity contribution in [2.45, 2.75) is 92.0 Å². The monoisotopic (exact) mass is 583 g/mol. The Morgan fingerprint density at radius 2 is 1.45 bits per heavy atom. The lowest BCUT2D eigenvalue weighted by Crippen LogP contribution is -2.67. The first-order valence-electron chi connectivity index (χ1n) is 16.8. The van der Waals surface area contributed by atoms with Gasteiger partial charge in [-0.3, -0.25) is 0 Å². The van der Waals surface area contributed by atoms with Crippen LogP contribution in [0.25, 0.3) is 50.0 Å². The maximum Gasteiger partial charge on any atom is 0.295 e. The summed E-state index contributed by atoms with van der Waals surface area (Å²) in [6, 6.07) is 29.3. The van der Waals surface area contributed by atoms with Gasteiger partial charge in [-0.05, 0) is 80.3 Å². The van der Waals surface area contributed by atoms with Gasteiger partial charge in [-0.2, -0.15) is 4.57 Å². The Labute approximate surface area is 262 Å². The van der Waals surface area contributed by atoms with Crippen LogP contribution in [0.4, 0.5) is 0 Å². The van der Waals surface area contributed by atoms with Gasteiger partial charge in [0.1, 0.15) is 22.4 Å². The maximum absolute atomic E-state index is 6.80. The maximum atomic E-state index is 6.80. The number of furan rings is 1. The summed E-state index contributed by atoms with van der Waals surface area (Å²) in [4.78, 5) is 0. The molecule has 4 aromatic carbocycles. The minimum Gasteiger partial charge on any atom is -0.456 e. The highest BCUT2D eigenvalue weighted by atomic mass is 16.3. The smallest absolute Gasteiger partial charge is 0.295 e. The number of aromatic nitrogens is 2. The standard InChI is InChI=1S/C41H47N2O/c1-9-40(7)33-19-13-11-18-30(33)39-42(34-20-14-15-21-35(34)43(39)41(40,8)10-2)37-28(23-26(3)4)25-31-29-17-12-16-22-36(29)44-38(31)32(37)24-27(5)6/h11-22,25-27H,9-10,23-24H2,1-8H3/q+1. The predicted molar refractivity (Wildman–Crippen MR) is 185 cm³/mol. The van der Waals surface area contributed by atoms with Crippen molar-refractivity contribution in [2.75, 3.05) is 0 Å². The number of fused-ring (bicyclic) bond motifs is 8. The fourth-order valence-electron chi connectivity index (χ4n) is 8.40. The largest absolute Gasteiger partial charge is 0.456 e. The number of imidazole rings is 1. The van der Waals surface area contributed by atoms with Gasteiger partial charge < -0.3 is 4.42 Å². The second-order valence-corrected chi connectivity index (χ2v) is 14.4. The van der Waals surface area contributed by atoms with Crippen molar-refractivity contribution in [3.05, 3.63) is 95.6 Å². The van der Waals surface area contributed by atoms with Crippen molar-refractivity contribution >= 4 is 33.0 Å². The molecule has 0 saturated heterocycles. The lowest BCUT2D eigenvalue weighted by molar-refractivity contribution is -0.743. The topological polar surface area (TPSA) is 21.9 Å². The highest BCUT2D eigenvalue weighted by Gasteiger charge is 2.56.